The lowest BCUT2D eigenvalue weighted by molar-refractivity contribution is 0.590. The van der Waals surface area contributed by atoms with Crippen molar-refractivity contribution in [3.05, 3.63) is 53.0 Å². The lowest BCUT2D eigenvalue weighted by atomic mass is 9.86. The summed E-state index contributed by atoms with van der Waals surface area (Å²) < 4.78 is 1.77. The first-order chi connectivity index (χ1) is 11.4. The summed E-state index contributed by atoms with van der Waals surface area (Å²) in [4.78, 5) is 8.63. The van der Waals surface area contributed by atoms with Crippen LogP contribution in [0.4, 0.5) is 5.82 Å². The molecule has 0 aliphatic rings. The first-order valence-corrected chi connectivity index (χ1v) is 8.36. The summed E-state index contributed by atoms with van der Waals surface area (Å²) in [6, 6.07) is 8.90. The van der Waals surface area contributed by atoms with Gasteiger partial charge < -0.3 is 5.32 Å². The maximum atomic E-state index is 4.44. The number of rotatable bonds is 4. The first-order valence-electron chi connectivity index (χ1n) is 8.36. The minimum absolute atomic E-state index is 0.196. The summed E-state index contributed by atoms with van der Waals surface area (Å²) in [7, 11) is 0. The number of benzene rings is 1. The number of hydrogen-bond donors (Lipinski definition) is 1. The Hall–Kier alpha value is -2.43. The number of hydrogen-bond acceptors (Lipinski definition) is 4. The number of aryl methyl sites for hydroxylation is 1. The van der Waals surface area contributed by atoms with Crippen LogP contribution in [0.2, 0.25) is 0 Å². The Kier molecular flexibility index (Phi) is 4.26. The summed E-state index contributed by atoms with van der Waals surface area (Å²) in [5.41, 5.74) is 4.97. The highest BCUT2D eigenvalue weighted by Gasteiger charge is 2.13. The van der Waals surface area contributed by atoms with E-state index in [1.807, 2.05) is 6.92 Å². The molecule has 5 heteroatoms. The van der Waals surface area contributed by atoms with Crippen molar-refractivity contribution in [1.82, 2.24) is 19.6 Å². The van der Waals surface area contributed by atoms with Gasteiger partial charge in [-0.1, -0.05) is 45.0 Å². The van der Waals surface area contributed by atoms with Gasteiger partial charge in [-0.05, 0) is 36.8 Å². The lowest BCUT2D eigenvalue weighted by Gasteiger charge is -2.19. The van der Waals surface area contributed by atoms with Crippen LogP contribution in [0.15, 0.2) is 30.6 Å². The van der Waals surface area contributed by atoms with E-state index in [4.69, 9.17) is 0 Å². The molecule has 1 aromatic carbocycles. The zero-order valence-electron chi connectivity index (χ0n) is 15.1. The van der Waals surface area contributed by atoms with Crippen molar-refractivity contribution in [3.63, 3.8) is 0 Å². The van der Waals surface area contributed by atoms with Crippen molar-refractivity contribution in [3.8, 4) is 0 Å². The number of fused-ring (bicyclic) bond motifs is 1. The van der Waals surface area contributed by atoms with Crippen LogP contribution in [0.1, 0.15) is 43.2 Å². The van der Waals surface area contributed by atoms with E-state index in [0.717, 1.165) is 30.0 Å². The van der Waals surface area contributed by atoms with Gasteiger partial charge in [0.2, 0.25) is 0 Å². The van der Waals surface area contributed by atoms with E-state index in [1.165, 1.54) is 17.5 Å². The third-order valence-corrected chi connectivity index (χ3v) is 4.43. The second kappa shape index (κ2) is 6.23. The molecule has 0 radical (unpaired) electrons. The fourth-order valence-electron chi connectivity index (χ4n) is 2.74. The molecule has 0 atom stereocenters. The highest BCUT2D eigenvalue weighted by molar-refractivity contribution is 5.51. The van der Waals surface area contributed by atoms with Gasteiger partial charge in [-0.25, -0.2) is 4.98 Å². The molecule has 0 unspecified atom stereocenters. The summed E-state index contributed by atoms with van der Waals surface area (Å²) in [5.74, 6) is 1.61. The highest BCUT2D eigenvalue weighted by Crippen LogP contribution is 2.22. The zero-order valence-corrected chi connectivity index (χ0v) is 15.1. The zero-order chi connectivity index (χ0) is 17.3. The smallest absolute Gasteiger partial charge is 0.254 e. The van der Waals surface area contributed by atoms with Crippen LogP contribution >= 0.6 is 0 Å². The Labute approximate surface area is 143 Å². The predicted molar refractivity (Wildman–Crippen MR) is 97.6 cm³/mol. The van der Waals surface area contributed by atoms with Crippen LogP contribution in [0, 0.1) is 13.8 Å². The van der Waals surface area contributed by atoms with Gasteiger partial charge in [0.05, 0.1) is 0 Å². The minimum atomic E-state index is 0.196. The fraction of sp³-hybridized carbons (Fsp3) is 0.421. The van der Waals surface area contributed by atoms with Crippen molar-refractivity contribution >= 4 is 11.6 Å². The van der Waals surface area contributed by atoms with E-state index < -0.39 is 0 Å². The molecule has 0 fully saturated rings. The number of nitrogens with zero attached hydrogens (tertiary/aromatic N) is 4. The molecule has 3 aromatic rings. The summed E-state index contributed by atoms with van der Waals surface area (Å²) in [6.45, 7) is 11.6. The summed E-state index contributed by atoms with van der Waals surface area (Å²) in [6.07, 6.45) is 2.50. The van der Waals surface area contributed by atoms with Crippen molar-refractivity contribution in [1.29, 1.82) is 0 Å². The Morgan fingerprint density at radius 3 is 2.46 bits per heavy atom. The molecule has 3 rings (SSSR count). The quantitative estimate of drug-likeness (QED) is 0.795. The van der Waals surface area contributed by atoms with E-state index in [1.54, 1.807) is 4.52 Å². The van der Waals surface area contributed by atoms with E-state index in [2.05, 4.69) is 72.3 Å². The van der Waals surface area contributed by atoms with E-state index >= 15 is 0 Å². The summed E-state index contributed by atoms with van der Waals surface area (Å²) >= 11 is 0. The minimum Gasteiger partial charge on any atom is -0.369 e. The molecule has 0 spiro atoms. The third kappa shape index (κ3) is 3.25. The molecule has 1 N–H and O–H groups in total. The SMILES string of the molecule is Cc1nc2ncnn2c(NCCc2ccc(C(C)(C)C)cc2)c1C. The molecular weight excluding hydrogens is 298 g/mol. The Balaban J connectivity index is 1.71. The van der Waals surface area contributed by atoms with Gasteiger partial charge in [0.1, 0.15) is 12.1 Å². The molecule has 0 saturated carbocycles. The Bertz CT molecular complexity index is 841. The number of anilines is 1. The Morgan fingerprint density at radius 1 is 1.08 bits per heavy atom. The normalized spacial score (nSPS) is 11.9. The average molecular weight is 323 g/mol. The Morgan fingerprint density at radius 2 is 1.79 bits per heavy atom. The predicted octanol–water partition coefficient (Wildman–Crippen LogP) is 3.69. The second-order valence-electron chi connectivity index (χ2n) is 7.27. The molecule has 0 bridgehead atoms. The van der Waals surface area contributed by atoms with Gasteiger partial charge in [0, 0.05) is 17.8 Å². The van der Waals surface area contributed by atoms with E-state index in [0.29, 0.717) is 5.78 Å². The van der Waals surface area contributed by atoms with Gasteiger partial charge in [0.15, 0.2) is 0 Å². The van der Waals surface area contributed by atoms with Crippen LogP contribution in [-0.4, -0.2) is 26.1 Å². The molecule has 0 amide bonds. The maximum Gasteiger partial charge on any atom is 0.254 e. The molecule has 0 aliphatic heterocycles. The van der Waals surface area contributed by atoms with Gasteiger partial charge in [-0.3, -0.25) is 0 Å². The van der Waals surface area contributed by atoms with Crippen molar-refractivity contribution in [2.45, 2.75) is 46.5 Å². The summed E-state index contributed by atoms with van der Waals surface area (Å²) in [5, 5.41) is 7.76. The topological polar surface area (TPSA) is 55.1 Å². The monoisotopic (exact) mass is 323 g/mol. The van der Waals surface area contributed by atoms with Crippen molar-refractivity contribution < 1.29 is 0 Å². The molecule has 2 aromatic heterocycles. The molecule has 0 aliphatic carbocycles. The third-order valence-electron chi connectivity index (χ3n) is 4.43. The molecule has 24 heavy (non-hydrogen) atoms. The van der Waals surface area contributed by atoms with Gasteiger partial charge in [-0.15, -0.1) is 0 Å². The molecular formula is C19H25N5. The largest absolute Gasteiger partial charge is 0.369 e. The lowest BCUT2D eigenvalue weighted by Crippen LogP contribution is -2.13. The maximum absolute atomic E-state index is 4.44. The molecule has 2 heterocycles. The highest BCUT2D eigenvalue weighted by atomic mass is 15.4. The van der Waals surface area contributed by atoms with Crippen LogP contribution in [0.5, 0.6) is 0 Å². The molecule has 126 valence electrons. The fourth-order valence-corrected chi connectivity index (χ4v) is 2.74. The standard InChI is InChI=1S/C19H25N5/c1-13-14(2)23-18-21-12-22-24(18)17(13)20-11-10-15-6-8-16(9-7-15)19(3,4)5/h6-9,12,20H,10-11H2,1-5H3. The van der Waals surface area contributed by atoms with E-state index in [-0.39, 0.29) is 5.41 Å². The van der Waals surface area contributed by atoms with Crippen molar-refractivity contribution in [2.75, 3.05) is 11.9 Å². The van der Waals surface area contributed by atoms with E-state index in [9.17, 15) is 0 Å². The van der Waals surface area contributed by atoms with Crippen LogP contribution in [0.3, 0.4) is 0 Å². The average Bonchev–Trinajstić information content (AvgIpc) is 2.98. The number of nitrogens with one attached hydrogen (secondary N) is 1. The van der Waals surface area contributed by atoms with Crippen LogP contribution in [-0.2, 0) is 11.8 Å². The molecule has 0 saturated heterocycles. The van der Waals surface area contributed by atoms with Gasteiger partial charge >= 0.3 is 0 Å². The van der Waals surface area contributed by atoms with Crippen molar-refractivity contribution in [2.24, 2.45) is 0 Å². The van der Waals surface area contributed by atoms with Gasteiger partial charge in [0.25, 0.3) is 5.78 Å². The first kappa shape index (κ1) is 16.4. The number of aromatic nitrogens is 4. The molecule has 5 nitrogen and oxygen atoms in total. The second-order valence-corrected chi connectivity index (χ2v) is 7.27. The van der Waals surface area contributed by atoms with Gasteiger partial charge in [-0.2, -0.15) is 14.6 Å². The van der Waals surface area contributed by atoms with Crippen LogP contribution < -0.4 is 5.32 Å². The van der Waals surface area contributed by atoms with Crippen LogP contribution in [0.25, 0.3) is 5.78 Å².